The van der Waals surface area contributed by atoms with Crippen LogP contribution in [0.5, 0.6) is 11.5 Å². The molecule has 0 saturated carbocycles. The van der Waals surface area contributed by atoms with Gasteiger partial charge in [0.15, 0.2) is 17.1 Å². The van der Waals surface area contributed by atoms with Gasteiger partial charge in [0.2, 0.25) is 0 Å². The fourth-order valence-corrected chi connectivity index (χ4v) is 4.09. The number of H-pyrrole nitrogens is 1. The zero-order chi connectivity index (χ0) is 25.1. The van der Waals surface area contributed by atoms with Crippen LogP contribution in [-0.2, 0) is 19.1 Å². The molecule has 36 heavy (non-hydrogen) atoms. The van der Waals surface area contributed by atoms with Gasteiger partial charge in [0.05, 0.1) is 30.7 Å². The van der Waals surface area contributed by atoms with E-state index in [-0.39, 0.29) is 11.0 Å². The molecule has 188 valence electrons. The summed E-state index contributed by atoms with van der Waals surface area (Å²) in [6.07, 6.45) is -0.811. The maximum absolute atomic E-state index is 13.2. The number of halogens is 3. The van der Waals surface area contributed by atoms with Crippen LogP contribution in [0.15, 0.2) is 47.1 Å². The van der Waals surface area contributed by atoms with Crippen molar-refractivity contribution in [2.24, 2.45) is 0 Å². The molecule has 0 aliphatic rings. The number of fused-ring (bicyclic) bond motifs is 2. The molecular formula is C24H23F3N6O3. The average Bonchev–Trinajstić information content (AvgIpc) is 3.60. The van der Waals surface area contributed by atoms with Gasteiger partial charge in [-0.05, 0) is 42.1 Å². The van der Waals surface area contributed by atoms with Crippen LogP contribution in [0, 0.1) is 0 Å². The van der Waals surface area contributed by atoms with Gasteiger partial charge in [-0.15, -0.1) is 10.2 Å². The molecule has 9 nitrogen and oxygen atoms in total. The third kappa shape index (κ3) is 4.83. The van der Waals surface area contributed by atoms with Gasteiger partial charge in [-0.2, -0.15) is 18.4 Å². The number of tetrazole rings is 1. The van der Waals surface area contributed by atoms with Crippen molar-refractivity contribution in [3.63, 3.8) is 0 Å². The number of alkyl halides is 3. The molecule has 3 heterocycles. The number of hydrogen-bond donors (Lipinski definition) is 1. The van der Waals surface area contributed by atoms with E-state index in [2.05, 4.69) is 25.8 Å². The largest absolute Gasteiger partial charge is 0.493 e. The Bertz CT molecular complexity index is 1460. The number of rotatable bonds is 10. The number of hydrogen-bond acceptors (Lipinski definition) is 7. The summed E-state index contributed by atoms with van der Waals surface area (Å²) in [7, 11) is 0. The molecule has 0 aliphatic heterocycles. The number of nitrogens with one attached hydrogen (secondary N) is 1. The van der Waals surface area contributed by atoms with Crippen LogP contribution in [0.2, 0.25) is 0 Å². The minimum Gasteiger partial charge on any atom is -0.493 e. The molecule has 5 rings (SSSR count). The number of aromatic amines is 1. The molecule has 0 bridgehead atoms. The first-order chi connectivity index (χ1) is 17.4. The van der Waals surface area contributed by atoms with Crippen molar-refractivity contribution in [1.29, 1.82) is 0 Å². The Balaban J connectivity index is 1.21. The third-order valence-corrected chi connectivity index (χ3v) is 5.73. The summed E-state index contributed by atoms with van der Waals surface area (Å²) in [5, 5.41) is 18.3. The molecule has 0 spiro atoms. The monoisotopic (exact) mass is 500 g/mol. The van der Waals surface area contributed by atoms with E-state index in [1.165, 1.54) is 6.07 Å². The standard InChI is InChI=1S/C24H23F3N6O3/c1-2-4-17-20(8-7-18-22(17)36-30-23(18)24(25,26)27)35-12-3-11-34-16-6-5-15-9-10-33(19(15)13-16)14-21-28-31-32-29-21/h5-10,13H,2-4,11-12,14H2,1H3,(H,28,29,31,32). The van der Waals surface area contributed by atoms with Crippen LogP contribution in [0.1, 0.15) is 36.8 Å². The first-order valence-corrected chi connectivity index (χ1v) is 11.5. The molecular weight excluding hydrogens is 477 g/mol. The van der Waals surface area contributed by atoms with Gasteiger partial charge >= 0.3 is 6.18 Å². The van der Waals surface area contributed by atoms with Crippen LogP contribution >= 0.6 is 0 Å². The van der Waals surface area contributed by atoms with Crippen LogP contribution in [0.4, 0.5) is 13.2 Å². The van der Waals surface area contributed by atoms with Gasteiger partial charge in [-0.3, -0.25) is 0 Å². The van der Waals surface area contributed by atoms with E-state index in [9.17, 15) is 13.2 Å². The molecule has 0 amide bonds. The predicted octanol–water partition coefficient (Wildman–Crippen LogP) is 5.16. The highest BCUT2D eigenvalue weighted by atomic mass is 19.4. The normalized spacial score (nSPS) is 12.0. The molecule has 0 atom stereocenters. The maximum atomic E-state index is 13.2. The van der Waals surface area contributed by atoms with E-state index in [4.69, 9.17) is 14.0 Å². The van der Waals surface area contributed by atoms with Crippen molar-refractivity contribution in [2.45, 2.75) is 38.9 Å². The van der Waals surface area contributed by atoms with Gasteiger partial charge in [0.1, 0.15) is 11.5 Å². The van der Waals surface area contributed by atoms with Crippen LogP contribution in [0.3, 0.4) is 0 Å². The second-order valence-electron chi connectivity index (χ2n) is 8.24. The van der Waals surface area contributed by atoms with Crippen molar-refractivity contribution in [1.82, 2.24) is 30.3 Å². The highest BCUT2D eigenvalue weighted by Crippen LogP contribution is 2.38. The summed E-state index contributed by atoms with van der Waals surface area (Å²) in [4.78, 5) is 0. The minimum atomic E-state index is -4.58. The lowest BCUT2D eigenvalue weighted by Crippen LogP contribution is -2.07. The van der Waals surface area contributed by atoms with E-state index in [0.29, 0.717) is 55.5 Å². The number of aryl methyl sites for hydroxylation is 1. The highest BCUT2D eigenvalue weighted by Gasteiger charge is 2.37. The van der Waals surface area contributed by atoms with Gasteiger partial charge in [-0.1, -0.05) is 23.7 Å². The summed E-state index contributed by atoms with van der Waals surface area (Å²) >= 11 is 0. The third-order valence-electron chi connectivity index (χ3n) is 5.73. The summed E-state index contributed by atoms with van der Waals surface area (Å²) in [6, 6.07) is 10.7. The number of ether oxygens (including phenoxy) is 2. The Morgan fingerprint density at radius 3 is 2.72 bits per heavy atom. The van der Waals surface area contributed by atoms with Gasteiger partial charge in [-0.25, -0.2) is 0 Å². The van der Waals surface area contributed by atoms with Gasteiger partial charge in [0, 0.05) is 24.2 Å². The maximum Gasteiger partial charge on any atom is 0.437 e. The molecule has 0 unspecified atom stereocenters. The summed E-state index contributed by atoms with van der Waals surface area (Å²) in [5.74, 6) is 1.79. The molecule has 5 aromatic rings. The van der Waals surface area contributed by atoms with Crippen molar-refractivity contribution in [3.8, 4) is 11.5 Å². The van der Waals surface area contributed by atoms with Crippen molar-refractivity contribution in [3.05, 3.63) is 59.7 Å². The molecule has 0 radical (unpaired) electrons. The number of benzene rings is 2. The Morgan fingerprint density at radius 1 is 1.08 bits per heavy atom. The fraction of sp³-hybridized carbons (Fsp3) is 0.333. The topological polar surface area (TPSA) is 104 Å². The second kappa shape index (κ2) is 9.88. The van der Waals surface area contributed by atoms with Crippen LogP contribution in [0.25, 0.3) is 21.9 Å². The summed E-state index contributed by atoms with van der Waals surface area (Å²) < 4.78 is 58.4. The van der Waals surface area contributed by atoms with Gasteiger partial charge in [0.25, 0.3) is 0 Å². The molecule has 12 heteroatoms. The van der Waals surface area contributed by atoms with Crippen LogP contribution in [-0.4, -0.2) is 43.6 Å². The predicted molar refractivity (Wildman–Crippen MR) is 124 cm³/mol. The molecule has 0 fully saturated rings. The highest BCUT2D eigenvalue weighted by molar-refractivity contribution is 5.85. The van der Waals surface area contributed by atoms with E-state index in [0.717, 1.165) is 17.3 Å². The minimum absolute atomic E-state index is 0.0545. The molecule has 0 aliphatic carbocycles. The lowest BCUT2D eigenvalue weighted by atomic mass is 10.0. The van der Waals surface area contributed by atoms with Crippen molar-refractivity contribution in [2.75, 3.05) is 13.2 Å². The van der Waals surface area contributed by atoms with Crippen molar-refractivity contribution >= 4 is 21.9 Å². The fourth-order valence-electron chi connectivity index (χ4n) is 4.09. The van der Waals surface area contributed by atoms with E-state index < -0.39 is 11.9 Å². The smallest absolute Gasteiger partial charge is 0.437 e. The first kappa shape index (κ1) is 23.6. The summed E-state index contributed by atoms with van der Waals surface area (Å²) in [5.41, 5.74) is 0.674. The Hall–Kier alpha value is -4.09. The summed E-state index contributed by atoms with van der Waals surface area (Å²) in [6.45, 7) is 3.16. The quantitative estimate of drug-likeness (QED) is 0.264. The second-order valence-corrected chi connectivity index (χ2v) is 8.24. The Kier molecular flexibility index (Phi) is 6.49. The Morgan fingerprint density at radius 2 is 1.94 bits per heavy atom. The molecule has 3 aromatic heterocycles. The zero-order valence-corrected chi connectivity index (χ0v) is 19.4. The lowest BCUT2D eigenvalue weighted by molar-refractivity contribution is -0.141. The van der Waals surface area contributed by atoms with Gasteiger partial charge < -0.3 is 18.6 Å². The average molecular weight is 500 g/mol. The van der Waals surface area contributed by atoms with E-state index >= 15 is 0 Å². The van der Waals surface area contributed by atoms with Crippen LogP contribution < -0.4 is 9.47 Å². The van der Waals surface area contributed by atoms with Crippen molar-refractivity contribution < 1.29 is 27.2 Å². The SMILES string of the molecule is CCCc1c(OCCCOc2ccc3ccn(Cc4nn[nH]n4)c3c2)ccc2c(C(F)(F)F)noc12. The number of nitrogens with zero attached hydrogens (tertiary/aromatic N) is 5. The lowest BCUT2D eigenvalue weighted by Gasteiger charge is -2.12. The molecule has 0 saturated heterocycles. The molecule has 1 N–H and O–H groups in total. The zero-order valence-electron chi connectivity index (χ0n) is 19.4. The first-order valence-electron chi connectivity index (χ1n) is 11.5. The number of aromatic nitrogens is 6. The molecule has 2 aromatic carbocycles. The van der Waals surface area contributed by atoms with E-state index in [1.54, 1.807) is 6.07 Å². The van der Waals surface area contributed by atoms with E-state index in [1.807, 2.05) is 42.0 Å². The Labute approximate surface area is 203 Å².